The van der Waals surface area contributed by atoms with Gasteiger partial charge in [-0.25, -0.2) is 8.78 Å². The SMILES string of the molecule is C[C@H]1CC[C@H](C=C[C@H]2CC[C@H](c3cc(F)c(C(F)(F)F)c(F)c3)CC2)CC1. The minimum absolute atomic E-state index is 0.0727. The maximum absolute atomic E-state index is 13.8. The second-order valence-corrected chi connectivity index (χ2v) is 8.37. The smallest absolute Gasteiger partial charge is 0.206 e. The van der Waals surface area contributed by atoms with Gasteiger partial charge in [0, 0.05) is 0 Å². The molecular formula is C22H27F5. The lowest BCUT2D eigenvalue weighted by atomic mass is 9.77. The fourth-order valence-electron chi connectivity index (χ4n) is 4.54. The summed E-state index contributed by atoms with van der Waals surface area (Å²) >= 11 is 0. The molecule has 0 heterocycles. The summed E-state index contributed by atoms with van der Waals surface area (Å²) in [5.74, 6) is -1.13. The van der Waals surface area contributed by atoms with Crippen LogP contribution in [0.4, 0.5) is 22.0 Å². The highest BCUT2D eigenvalue weighted by molar-refractivity contribution is 5.31. The summed E-state index contributed by atoms with van der Waals surface area (Å²) in [4.78, 5) is 0. The highest BCUT2D eigenvalue weighted by Gasteiger charge is 2.38. The molecule has 0 N–H and O–H groups in total. The number of allylic oxidation sites excluding steroid dienone is 2. The minimum Gasteiger partial charge on any atom is -0.206 e. The molecule has 1 aromatic rings. The highest BCUT2D eigenvalue weighted by Crippen LogP contribution is 2.40. The molecule has 2 saturated carbocycles. The Morgan fingerprint density at radius 3 is 1.67 bits per heavy atom. The van der Waals surface area contributed by atoms with Crippen LogP contribution in [0, 0.1) is 29.4 Å². The van der Waals surface area contributed by atoms with Gasteiger partial charge in [-0.1, -0.05) is 31.9 Å². The predicted molar refractivity (Wildman–Crippen MR) is 96.3 cm³/mol. The molecule has 1 aromatic carbocycles. The van der Waals surface area contributed by atoms with Crippen molar-refractivity contribution in [1.82, 2.24) is 0 Å². The van der Waals surface area contributed by atoms with E-state index in [2.05, 4.69) is 19.1 Å². The van der Waals surface area contributed by atoms with E-state index in [0.717, 1.165) is 43.7 Å². The zero-order chi connectivity index (χ0) is 19.6. The van der Waals surface area contributed by atoms with E-state index in [1.165, 1.54) is 25.7 Å². The fraction of sp³-hybridized carbons (Fsp3) is 0.636. The fourth-order valence-corrected chi connectivity index (χ4v) is 4.54. The van der Waals surface area contributed by atoms with Gasteiger partial charge in [-0.15, -0.1) is 0 Å². The van der Waals surface area contributed by atoms with Crippen molar-refractivity contribution in [1.29, 1.82) is 0 Å². The summed E-state index contributed by atoms with van der Waals surface area (Å²) in [5.41, 5.74) is -1.44. The molecule has 0 atom stereocenters. The first kappa shape index (κ1) is 20.3. The summed E-state index contributed by atoms with van der Waals surface area (Å²) in [6.07, 6.45) is 8.02. The van der Waals surface area contributed by atoms with Crippen LogP contribution in [0.2, 0.25) is 0 Å². The Morgan fingerprint density at radius 1 is 0.778 bits per heavy atom. The first-order valence-corrected chi connectivity index (χ1v) is 9.98. The topological polar surface area (TPSA) is 0 Å². The van der Waals surface area contributed by atoms with Gasteiger partial charge >= 0.3 is 6.18 Å². The van der Waals surface area contributed by atoms with E-state index < -0.39 is 23.4 Å². The monoisotopic (exact) mass is 386 g/mol. The number of hydrogen-bond donors (Lipinski definition) is 0. The van der Waals surface area contributed by atoms with Gasteiger partial charge in [0.2, 0.25) is 0 Å². The van der Waals surface area contributed by atoms with Crippen LogP contribution < -0.4 is 0 Å². The third-order valence-corrected chi connectivity index (χ3v) is 6.31. The van der Waals surface area contributed by atoms with Crippen LogP contribution in [-0.4, -0.2) is 0 Å². The lowest BCUT2D eigenvalue weighted by molar-refractivity contribution is -0.142. The number of hydrogen-bond acceptors (Lipinski definition) is 0. The summed E-state index contributed by atoms with van der Waals surface area (Å²) in [6.45, 7) is 2.30. The maximum Gasteiger partial charge on any atom is 0.422 e. The second kappa shape index (κ2) is 8.32. The van der Waals surface area contributed by atoms with Crippen molar-refractivity contribution < 1.29 is 22.0 Å². The van der Waals surface area contributed by atoms with Crippen molar-refractivity contribution >= 4 is 0 Å². The molecule has 0 amide bonds. The third-order valence-electron chi connectivity index (χ3n) is 6.31. The average Bonchev–Trinajstić information content (AvgIpc) is 2.60. The second-order valence-electron chi connectivity index (χ2n) is 8.37. The van der Waals surface area contributed by atoms with Crippen molar-refractivity contribution in [3.63, 3.8) is 0 Å². The van der Waals surface area contributed by atoms with E-state index in [-0.39, 0.29) is 5.92 Å². The Kier molecular flexibility index (Phi) is 6.27. The van der Waals surface area contributed by atoms with Crippen molar-refractivity contribution in [2.45, 2.75) is 70.4 Å². The number of halogens is 5. The van der Waals surface area contributed by atoms with Crippen LogP contribution in [0.3, 0.4) is 0 Å². The average molecular weight is 386 g/mol. The summed E-state index contributed by atoms with van der Waals surface area (Å²) in [6, 6.07) is 1.74. The summed E-state index contributed by atoms with van der Waals surface area (Å²) in [5, 5.41) is 0. The lowest BCUT2D eigenvalue weighted by Crippen LogP contribution is -2.16. The predicted octanol–water partition coefficient (Wildman–Crippen LogP) is 7.64. The van der Waals surface area contributed by atoms with Crippen LogP contribution in [0.15, 0.2) is 24.3 Å². The molecule has 150 valence electrons. The minimum atomic E-state index is -5.01. The molecule has 0 aliphatic heterocycles. The molecule has 0 saturated heterocycles. The van der Waals surface area contributed by atoms with E-state index in [1.54, 1.807) is 0 Å². The van der Waals surface area contributed by atoms with Gasteiger partial charge in [0.1, 0.15) is 17.2 Å². The van der Waals surface area contributed by atoms with Crippen LogP contribution in [0.5, 0.6) is 0 Å². The largest absolute Gasteiger partial charge is 0.422 e. The Bertz CT molecular complexity index is 637. The zero-order valence-corrected chi connectivity index (χ0v) is 15.7. The molecule has 3 rings (SSSR count). The molecule has 2 fully saturated rings. The molecule has 0 bridgehead atoms. The Labute approximate surface area is 157 Å². The van der Waals surface area contributed by atoms with Gasteiger partial charge in [0.15, 0.2) is 0 Å². The van der Waals surface area contributed by atoms with Gasteiger partial charge in [-0.3, -0.25) is 0 Å². The highest BCUT2D eigenvalue weighted by atomic mass is 19.4. The van der Waals surface area contributed by atoms with Crippen LogP contribution >= 0.6 is 0 Å². The maximum atomic E-state index is 13.8. The zero-order valence-electron chi connectivity index (χ0n) is 15.7. The molecule has 27 heavy (non-hydrogen) atoms. The van der Waals surface area contributed by atoms with Gasteiger partial charge in [0.25, 0.3) is 0 Å². The van der Waals surface area contributed by atoms with Crippen LogP contribution in [-0.2, 0) is 6.18 Å². The molecule has 2 aliphatic rings. The molecule has 0 spiro atoms. The lowest BCUT2D eigenvalue weighted by Gasteiger charge is -2.28. The molecule has 0 nitrogen and oxygen atoms in total. The van der Waals surface area contributed by atoms with Crippen molar-refractivity contribution in [2.24, 2.45) is 17.8 Å². The van der Waals surface area contributed by atoms with Gasteiger partial charge in [-0.2, -0.15) is 13.2 Å². The quantitative estimate of drug-likeness (QED) is 0.370. The van der Waals surface area contributed by atoms with E-state index in [1.807, 2.05) is 0 Å². The molecule has 2 aliphatic carbocycles. The third kappa shape index (κ3) is 5.11. The van der Waals surface area contributed by atoms with Crippen molar-refractivity contribution in [3.8, 4) is 0 Å². The molecule has 0 unspecified atom stereocenters. The van der Waals surface area contributed by atoms with E-state index in [9.17, 15) is 22.0 Å². The molecule has 0 aromatic heterocycles. The number of alkyl halides is 3. The normalized spacial score (nSPS) is 30.0. The number of benzene rings is 1. The molecular weight excluding hydrogens is 359 g/mol. The standard InChI is InChI=1S/C22H27F5/c1-14-2-4-15(5-3-14)6-7-16-8-10-17(11-9-16)18-12-19(23)21(20(24)13-18)22(25,26)27/h6-7,12-17H,2-5,8-11H2,1H3/t14-,15-,16-,17-. The van der Waals surface area contributed by atoms with Gasteiger partial charge in [0.05, 0.1) is 0 Å². The summed E-state index contributed by atoms with van der Waals surface area (Å²) in [7, 11) is 0. The van der Waals surface area contributed by atoms with E-state index >= 15 is 0 Å². The van der Waals surface area contributed by atoms with E-state index in [4.69, 9.17) is 0 Å². The Balaban J connectivity index is 1.58. The molecule has 5 heteroatoms. The van der Waals surface area contributed by atoms with E-state index in [0.29, 0.717) is 17.4 Å². The van der Waals surface area contributed by atoms with Crippen molar-refractivity contribution in [2.75, 3.05) is 0 Å². The van der Waals surface area contributed by atoms with Crippen molar-refractivity contribution in [3.05, 3.63) is 47.0 Å². The molecule has 0 radical (unpaired) electrons. The van der Waals surface area contributed by atoms with Gasteiger partial charge < -0.3 is 0 Å². The summed E-state index contributed by atoms with van der Waals surface area (Å²) < 4.78 is 65.8. The van der Waals surface area contributed by atoms with Crippen LogP contribution in [0.1, 0.15) is 75.3 Å². The first-order valence-electron chi connectivity index (χ1n) is 9.98. The number of rotatable bonds is 3. The Morgan fingerprint density at radius 2 is 1.22 bits per heavy atom. The van der Waals surface area contributed by atoms with Crippen LogP contribution in [0.25, 0.3) is 0 Å². The Hall–Kier alpha value is -1.39. The van der Waals surface area contributed by atoms with Gasteiger partial charge in [-0.05, 0) is 79.9 Å². The first-order chi connectivity index (χ1) is 12.7.